The molecule has 0 saturated heterocycles. The van der Waals surface area contributed by atoms with Crippen LogP contribution in [-0.2, 0) is 11.3 Å². The number of ketones is 1. The normalized spacial score (nSPS) is 11.5. The molecule has 15 heavy (non-hydrogen) atoms. The Morgan fingerprint density at radius 3 is 2.53 bits per heavy atom. The van der Waals surface area contributed by atoms with Crippen molar-refractivity contribution in [3.05, 3.63) is 42.9 Å². The molecule has 0 aliphatic heterocycles. The molecule has 0 fully saturated rings. The number of hydrogen-bond acceptors (Lipinski definition) is 2. The molecule has 1 rings (SSSR count). The molecule has 0 amide bonds. The molecule has 0 radical (unpaired) electrons. The second-order valence-corrected chi connectivity index (χ2v) is 3.23. The lowest BCUT2D eigenvalue weighted by Crippen LogP contribution is -2.53. The molecule has 4 nitrogen and oxygen atoms in total. The third kappa shape index (κ3) is 3.01. The summed E-state index contributed by atoms with van der Waals surface area (Å²) >= 11 is 0. The quantitative estimate of drug-likeness (QED) is 0.666. The van der Waals surface area contributed by atoms with E-state index in [9.17, 15) is 4.79 Å². The van der Waals surface area contributed by atoms with E-state index in [-0.39, 0.29) is 12.3 Å². The van der Waals surface area contributed by atoms with E-state index in [1.54, 1.807) is 17.0 Å². The summed E-state index contributed by atoms with van der Waals surface area (Å²) < 4.78 is 1.72. The molecule has 4 heteroatoms. The fraction of sp³-hybridized carbons (Fsp3) is 0.182. The SMILES string of the molecule is C=C([NH3+])[C@H](C#N)C(=O)C[n+]1ccccc1. The van der Waals surface area contributed by atoms with Crippen molar-refractivity contribution in [2.45, 2.75) is 6.54 Å². The topological polar surface area (TPSA) is 72.4 Å². The van der Waals surface area contributed by atoms with Gasteiger partial charge in [0.2, 0.25) is 12.3 Å². The monoisotopic (exact) mass is 203 g/mol. The van der Waals surface area contributed by atoms with Crippen molar-refractivity contribution in [3.8, 4) is 6.07 Å². The molecule has 0 aliphatic carbocycles. The van der Waals surface area contributed by atoms with Gasteiger partial charge >= 0.3 is 0 Å². The third-order valence-corrected chi connectivity index (χ3v) is 1.98. The van der Waals surface area contributed by atoms with Crippen molar-refractivity contribution < 1.29 is 15.1 Å². The molecule has 1 atom stereocenters. The lowest BCUT2D eigenvalue weighted by atomic mass is 10.0. The third-order valence-electron chi connectivity index (χ3n) is 1.98. The van der Waals surface area contributed by atoms with Crippen LogP contribution < -0.4 is 10.3 Å². The van der Waals surface area contributed by atoms with Crippen LogP contribution >= 0.6 is 0 Å². The van der Waals surface area contributed by atoms with Crippen LogP contribution in [-0.4, -0.2) is 5.78 Å². The number of carbonyl (C=O) groups excluding carboxylic acids is 1. The van der Waals surface area contributed by atoms with Crippen LogP contribution in [0.1, 0.15) is 0 Å². The number of hydrogen-bond donors (Lipinski definition) is 1. The lowest BCUT2D eigenvalue weighted by Gasteiger charge is -2.01. The maximum absolute atomic E-state index is 11.6. The maximum atomic E-state index is 11.6. The minimum Gasteiger partial charge on any atom is -0.328 e. The van der Waals surface area contributed by atoms with Gasteiger partial charge in [-0.05, 0) is 6.58 Å². The molecule has 76 valence electrons. The molecule has 0 aromatic carbocycles. The molecule has 1 aromatic rings. The Labute approximate surface area is 88.3 Å². The Morgan fingerprint density at radius 2 is 2.07 bits per heavy atom. The van der Waals surface area contributed by atoms with Crippen molar-refractivity contribution >= 4 is 5.78 Å². The van der Waals surface area contributed by atoms with Gasteiger partial charge in [0.25, 0.3) is 0 Å². The highest BCUT2D eigenvalue weighted by Crippen LogP contribution is 2.01. The van der Waals surface area contributed by atoms with Crippen LogP contribution in [0, 0.1) is 17.2 Å². The van der Waals surface area contributed by atoms with Crippen LogP contribution in [0.3, 0.4) is 0 Å². The van der Waals surface area contributed by atoms with Crippen molar-refractivity contribution in [1.29, 1.82) is 5.26 Å². The van der Waals surface area contributed by atoms with Crippen LogP contribution in [0.15, 0.2) is 42.9 Å². The van der Waals surface area contributed by atoms with Gasteiger partial charge < -0.3 is 5.73 Å². The first-order valence-corrected chi connectivity index (χ1v) is 4.52. The van der Waals surface area contributed by atoms with Gasteiger partial charge in [0.15, 0.2) is 18.3 Å². The number of Topliss-reactive ketones (excluding diaryl/α,β-unsaturated/α-hetero) is 1. The Morgan fingerprint density at radius 1 is 1.47 bits per heavy atom. The molecule has 1 aromatic heterocycles. The molecular weight excluding hydrogens is 190 g/mol. The van der Waals surface area contributed by atoms with Crippen LogP contribution in [0.5, 0.6) is 0 Å². The first kappa shape index (κ1) is 11.1. The minimum absolute atomic E-state index is 0.174. The number of quaternary nitrogens is 1. The van der Waals surface area contributed by atoms with Crippen molar-refractivity contribution in [2.75, 3.05) is 0 Å². The molecular formula is C11H13N3O+2. The van der Waals surface area contributed by atoms with E-state index in [1.165, 1.54) is 0 Å². The highest BCUT2D eigenvalue weighted by molar-refractivity contribution is 5.84. The first-order chi connectivity index (χ1) is 7.15. The van der Waals surface area contributed by atoms with Crippen LogP contribution in [0.25, 0.3) is 0 Å². The van der Waals surface area contributed by atoms with Gasteiger partial charge in [0.1, 0.15) is 5.70 Å². The number of pyridine rings is 1. The largest absolute Gasteiger partial charge is 0.328 e. The van der Waals surface area contributed by atoms with Crippen molar-refractivity contribution in [3.63, 3.8) is 0 Å². The standard InChI is InChI=1S/C11H12N3O/c1-9(13)10(7-12)11(15)8-14-5-3-2-4-6-14/h2-6,10H,1,8,13H2/q+1/p+1/t10-/m0/s1. The van der Waals surface area contributed by atoms with E-state index in [1.807, 2.05) is 24.3 Å². The molecule has 3 N–H and O–H groups in total. The zero-order valence-electron chi connectivity index (χ0n) is 8.39. The summed E-state index contributed by atoms with van der Waals surface area (Å²) in [6.07, 6.45) is 3.55. The van der Waals surface area contributed by atoms with Gasteiger partial charge in [-0.15, -0.1) is 0 Å². The summed E-state index contributed by atoms with van der Waals surface area (Å²) in [6.45, 7) is 3.70. The van der Waals surface area contributed by atoms with E-state index in [2.05, 4.69) is 12.3 Å². The van der Waals surface area contributed by atoms with Crippen molar-refractivity contribution in [1.82, 2.24) is 0 Å². The molecule has 0 bridgehead atoms. The van der Waals surface area contributed by atoms with E-state index >= 15 is 0 Å². The van der Waals surface area contributed by atoms with Gasteiger partial charge in [0, 0.05) is 12.1 Å². The highest BCUT2D eigenvalue weighted by Gasteiger charge is 2.25. The first-order valence-electron chi connectivity index (χ1n) is 4.52. The summed E-state index contributed by atoms with van der Waals surface area (Å²) in [7, 11) is 0. The number of rotatable bonds is 4. The second-order valence-electron chi connectivity index (χ2n) is 3.23. The van der Waals surface area contributed by atoms with Crippen molar-refractivity contribution in [2.24, 2.45) is 5.92 Å². The molecule has 0 aliphatic rings. The van der Waals surface area contributed by atoms with E-state index in [0.717, 1.165) is 0 Å². The lowest BCUT2D eigenvalue weighted by molar-refractivity contribution is -0.684. The van der Waals surface area contributed by atoms with Gasteiger partial charge in [0.05, 0.1) is 6.07 Å². The zero-order valence-corrected chi connectivity index (χ0v) is 8.39. The summed E-state index contributed by atoms with van der Waals surface area (Å²) in [4.78, 5) is 11.6. The Bertz CT molecular complexity index is 406. The predicted octanol–water partition coefficient (Wildman–Crippen LogP) is -0.561. The fourth-order valence-electron chi connectivity index (χ4n) is 1.20. The molecule has 0 unspecified atom stereocenters. The molecule has 1 heterocycles. The Hall–Kier alpha value is -1.99. The van der Waals surface area contributed by atoms with E-state index in [4.69, 9.17) is 5.26 Å². The summed E-state index contributed by atoms with van der Waals surface area (Å²) in [5.41, 5.74) is 3.87. The summed E-state index contributed by atoms with van der Waals surface area (Å²) in [5.74, 6) is -0.994. The fourth-order valence-corrected chi connectivity index (χ4v) is 1.20. The van der Waals surface area contributed by atoms with Gasteiger partial charge in [-0.25, -0.2) is 0 Å². The Balaban J connectivity index is 2.72. The number of allylic oxidation sites excluding steroid dienone is 1. The maximum Gasteiger partial charge on any atom is 0.224 e. The van der Waals surface area contributed by atoms with Gasteiger partial charge in [-0.3, -0.25) is 4.79 Å². The van der Waals surface area contributed by atoms with Gasteiger partial charge in [-0.1, -0.05) is 6.07 Å². The average molecular weight is 203 g/mol. The molecule has 0 spiro atoms. The minimum atomic E-state index is -0.808. The van der Waals surface area contributed by atoms with Crippen LogP contribution in [0.4, 0.5) is 0 Å². The smallest absolute Gasteiger partial charge is 0.224 e. The van der Waals surface area contributed by atoms with E-state index < -0.39 is 5.92 Å². The highest BCUT2D eigenvalue weighted by atomic mass is 16.1. The zero-order chi connectivity index (χ0) is 11.3. The number of carbonyl (C=O) groups is 1. The summed E-state index contributed by atoms with van der Waals surface area (Å²) in [5, 5.41) is 8.76. The summed E-state index contributed by atoms with van der Waals surface area (Å²) in [6, 6.07) is 7.41. The van der Waals surface area contributed by atoms with Gasteiger partial charge in [-0.2, -0.15) is 9.83 Å². The number of aromatic nitrogens is 1. The number of nitrogens with zero attached hydrogens (tertiary/aromatic N) is 2. The average Bonchev–Trinajstić information content (AvgIpc) is 2.19. The second kappa shape index (κ2) is 5.03. The van der Waals surface area contributed by atoms with Crippen LogP contribution in [0.2, 0.25) is 0 Å². The molecule has 0 saturated carbocycles. The predicted molar refractivity (Wildman–Crippen MR) is 52.8 cm³/mol. The van der Waals surface area contributed by atoms with E-state index in [0.29, 0.717) is 5.70 Å². The Kier molecular flexibility index (Phi) is 3.72. The number of nitriles is 1.